The Morgan fingerprint density at radius 2 is 2.00 bits per heavy atom. The molecular formula is C22H20FN3OS. The van der Waals surface area contributed by atoms with Crippen LogP contribution >= 0.6 is 11.3 Å². The van der Waals surface area contributed by atoms with Crippen molar-refractivity contribution in [3.8, 4) is 11.3 Å². The van der Waals surface area contributed by atoms with E-state index in [0.29, 0.717) is 24.1 Å². The zero-order valence-electron chi connectivity index (χ0n) is 15.3. The minimum absolute atomic E-state index is 0.252. The lowest BCUT2D eigenvalue weighted by atomic mass is 9.99. The summed E-state index contributed by atoms with van der Waals surface area (Å²) in [4.78, 5) is 11.7. The van der Waals surface area contributed by atoms with Crippen LogP contribution in [0, 0.1) is 5.82 Å². The molecule has 0 spiro atoms. The van der Waals surface area contributed by atoms with Gasteiger partial charge in [0.15, 0.2) is 5.76 Å². The van der Waals surface area contributed by atoms with Crippen molar-refractivity contribution in [2.75, 3.05) is 13.1 Å². The smallest absolute Gasteiger partial charge is 0.209 e. The van der Waals surface area contributed by atoms with E-state index in [9.17, 15) is 4.39 Å². The minimum atomic E-state index is -0.252. The molecular weight excluding hydrogens is 373 g/mol. The summed E-state index contributed by atoms with van der Waals surface area (Å²) in [5.74, 6) is 1.58. The highest BCUT2D eigenvalue weighted by atomic mass is 32.1. The standard InChI is InChI=1S/C22H20FN3OS/c23-17-9-7-15(8-10-17)19-12-24-21(27-19)14-26-11-3-4-16(13-26)22-25-18-5-1-2-6-20(18)28-22/h1-2,5-10,12,16H,3-4,11,13-14H2/t16-/m0/s1. The van der Waals surface area contributed by atoms with Crippen molar-refractivity contribution in [2.45, 2.75) is 25.3 Å². The quantitative estimate of drug-likeness (QED) is 0.461. The first-order valence-corrected chi connectivity index (χ1v) is 10.3. The van der Waals surface area contributed by atoms with Gasteiger partial charge in [-0.15, -0.1) is 11.3 Å². The van der Waals surface area contributed by atoms with Crippen molar-refractivity contribution in [2.24, 2.45) is 0 Å². The number of piperidine rings is 1. The molecule has 1 fully saturated rings. The summed E-state index contributed by atoms with van der Waals surface area (Å²) < 4.78 is 20.3. The number of likely N-dealkylation sites (tertiary alicyclic amines) is 1. The van der Waals surface area contributed by atoms with Crippen LogP contribution < -0.4 is 0 Å². The number of rotatable bonds is 4. The summed E-state index contributed by atoms with van der Waals surface area (Å²) in [6.45, 7) is 2.69. The summed E-state index contributed by atoms with van der Waals surface area (Å²) in [5.41, 5.74) is 1.93. The van der Waals surface area contributed by atoms with Crippen LogP contribution in [0.25, 0.3) is 21.5 Å². The van der Waals surface area contributed by atoms with Gasteiger partial charge >= 0.3 is 0 Å². The Balaban J connectivity index is 1.28. The molecule has 1 atom stereocenters. The third-order valence-corrected chi connectivity index (χ3v) is 6.41. The van der Waals surface area contributed by atoms with Gasteiger partial charge in [0.1, 0.15) is 5.82 Å². The molecule has 6 heteroatoms. The lowest BCUT2D eigenvalue weighted by molar-refractivity contribution is 0.184. The molecule has 28 heavy (non-hydrogen) atoms. The van der Waals surface area contributed by atoms with Crippen LogP contribution in [-0.2, 0) is 6.54 Å². The number of nitrogens with zero attached hydrogens (tertiary/aromatic N) is 3. The van der Waals surface area contributed by atoms with Crippen molar-refractivity contribution in [1.82, 2.24) is 14.9 Å². The van der Waals surface area contributed by atoms with Crippen molar-refractivity contribution < 1.29 is 8.81 Å². The van der Waals surface area contributed by atoms with E-state index in [-0.39, 0.29) is 5.82 Å². The van der Waals surface area contributed by atoms with Crippen molar-refractivity contribution in [1.29, 1.82) is 0 Å². The molecule has 0 radical (unpaired) electrons. The van der Waals surface area contributed by atoms with E-state index in [1.807, 2.05) is 17.4 Å². The predicted molar refractivity (Wildman–Crippen MR) is 109 cm³/mol. The molecule has 142 valence electrons. The second-order valence-electron chi connectivity index (χ2n) is 7.22. The average molecular weight is 393 g/mol. The van der Waals surface area contributed by atoms with Crippen LogP contribution in [0.4, 0.5) is 4.39 Å². The van der Waals surface area contributed by atoms with Gasteiger partial charge in [-0.1, -0.05) is 12.1 Å². The van der Waals surface area contributed by atoms with E-state index < -0.39 is 0 Å². The number of thiazole rings is 1. The van der Waals surface area contributed by atoms with E-state index in [4.69, 9.17) is 9.40 Å². The molecule has 0 aliphatic carbocycles. The number of aromatic nitrogens is 2. The molecule has 4 nitrogen and oxygen atoms in total. The lowest BCUT2D eigenvalue weighted by Gasteiger charge is -2.30. The number of hydrogen-bond donors (Lipinski definition) is 0. The lowest BCUT2D eigenvalue weighted by Crippen LogP contribution is -2.33. The van der Waals surface area contributed by atoms with Crippen LogP contribution in [0.5, 0.6) is 0 Å². The predicted octanol–water partition coefficient (Wildman–Crippen LogP) is 5.47. The topological polar surface area (TPSA) is 42.2 Å². The van der Waals surface area contributed by atoms with E-state index >= 15 is 0 Å². The molecule has 3 heterocycles. The van der Waals surface area contributed by atoms with Gasteiger partial charge in [-0.25, -0.2) is 14.4 Å². The number of halogens is 1. The van der Waals surface area contributed by atoms with Gasteiger partial charge < -0.3 is 4.42 Å². The fourth-order valence-corrected chi connectivity index (χ4v) is 4.88. The van der Waals surface area contributed by atoms with Gasteiger partial charge in [0.2, 0.25) is 5.89 Å². The van der Waals surface area contributed by atoms with Gasteiger partial charge in [-0.3, -0.25) is 4.90 Å². The summed E-state index contributed by atoms with van der Waals surface area (Å²) in [5, 5.41) is 1.23. The number of benzene rings is 2. The molecule has 2 aromatic heterocycles. The molecule has 0 amide bonds. The molecule has 0 N–H and O–H groups in total. The van der Waals surface area contributed by atoms with Crippen LogP contribution in [0.3, 0.4) is 0 Å². The Labute approximate surface area is 166 Å². The minimum Gasteiger partial charge on any atom is -0.439 e. The normalized spacial score (nSPS) is 18.0. The summed E-state index contributed by atoms with van der Waals surface area (Å²) in [6, 6.07) is 14.6. The van der Waals surface area contributed by atoms with Crippen LogP contribution in [0.1, 0.15) is 29.7 Å². The maximum atomic E-state index is 13.1. The molecule has 1 aliphatic rings. The summed E-state index contributed by atoms with van der Waals surface area (Å²) >= 11 is 1.81. The summed E-state index contributed by atoms with van der Waals surface area (Å²) in [7, 11) is 0. The van der Waals surface area contributed by atoms with E-state index in [0.717, 1.165) is 30.6 Å². The number of hydrogen-bond acceptors (Lipinski definition) is 5. The third kappa shape index (κ3) is 3.57. The largest absolute Gasteiger partial charge is 0.439 e. The fourth-order valence-electron chi connectivity index (χ4n) is 3.79. The molecule has 2 aromatic carbocycles. The Morgan fingerprint density at radius 1 is 1.14 bits per heavy atom. The number of oxazole rings is 1. The SMILES string of the molecule is Fc1ccc(-c2cnc(CN3CCC[C@H](c4nc5ccccc5s4)C3)o2)cc1. The zero-order chi connectivity index (χ0) is 18.9. The molecule has 0 unspecified atom stereocenters. The van der Waals surface area contributed by atoms with Crippen molar-refractivity contribution in [3.63, 3.8) is 0 Å². The first-order valence-electron chi connectivity index (χ1n) is 9.53. The van der Waals surface area contributed by atoms with Gasteiger partial charge in [-0.2, -0.15) is 0 Å². The maximum Gasteiger partial charge on any atom is 0.209 e. The van der Waals surface area contributed by atoms with Crippen molar-refractivity contribution >= 4 is 21.6 Å². The highest BCUT2D eigenvalue weighted by molar-refractivity contribution is 7.18. The Hall–Kier alpha value is -2.57. The third-order valence-electron chi connectivity index (χ3n) is 5.21. The first-order chi connectivity index (χ1) is 13.7. The molecule has 1 saturated heterocycles. The van der Waals surface area contributed by atoms with Gasteiger partial charge in [0.25, 0.3) is 0 Å². The molecule has 1 aliphatic heterocycles. The van der Waals surface area contributed by atoms with Gasteiger partial charge in [0.05, 0.1) is 28.0 Å². The van der Waals surface area contributed by atoms with Crippen LogP contribution in [0.15, 0.2) is 59.1 Å². The Morgan fingerprint density at radius 3 is 2.86 bits per heavy atom. The van der Waals surface area contributed by atoms with Gasteiger partial charge in [0, 0.05) is 18.0 Å². The Bertz CT molecular complexity index is 1060. The Kier molecular flexibility index (Phi) is 4.66. The fraction of sp³-hybridized carbons (Fsp3) is 0.273. The summed E-state index contributed by atoms with van der Waals surface area (Å²) in [6.07, 6.45) is 4.03. The van der Waals surface area contributed by atoms with E-state index in [2.05, 4.69) is 28.1 Å². The molecule has 4 aromatic rings. The second kappa shape index (κ2) is 7.45. The average Bonchev–Trinajstić information content (AvgIpc) is 3.36. The highest BCUT2D eigenvalue weighted by Gasteiger charge is 2.25. The van der Waals surface area contributed by atoms with Crippen LogP contribution in [-0.4, -0.2) is 28.0 Å². The van der Waals surface area contributed by atoms with Gasteiger partial charge in [-0.05, 0) is 55.8 Å². The molecule has 0 saturated carbocycles. The van der Waals surface area contributed by atoms with Crippen LogP contribution in [0.2, 0.25) is 0 Å². The monoisotopic (exact) mass is 393 g/mol. The first kappa shape index (κ1) is 17.5. The van der Waals surface area contributed by atoms with Crippen molar-refractivity contribution in [3.05, 3.63) is 71.4 Å². The van der Waals surface area contributed by atoms with E-state index in [1.165, 1.54) is 28.3 Å². The molecule has 5 rings (SSSR count). The number of fused-ring (bicyclic) bond motifs is 1. The van der Waals surface area contributed by atoms with E-state index in [1.54, 1.807) is 18.3 Å². The second-order valence-corrected chi connectivity index (χ2v) is 8.28. The number of para-hydroxylation sites is 1. The maximum absolute atomic E-state index is 13.1. The molecule has 0 bridgehead atoms. The highest BCUT2D eigenvalue weighted by Crippen LogP contribution is 2.33. The zero-order valence-corrected chi connectivity index (χ0v) is 16.2.